The van der Waals surface area contributed by atoms with E-state index in [4.69, 9.17) is 4.74 Å². The van der Waals surface area contributed by atoms with Crippen LogP contribution in [0, 0.1) is 0 Å². The van der Waals surface area contributed by atoms with Gasteiger partial charge in [-0.2, -0.15) is 0 Å². The largest absolute Gasteiger partial charge is 0.379 e. The number of hydrogen-bond donors (Lipinski definition) is 1. The second-order valence-electron chi connectivity index (χ2n) is 5.88. The maximum Gasteiger partial charge on any atom is 0.271 e. The topological polar surface area (TPSA) is 70.6 Å². The molecule has 1 saturated heterocycles. The van der Waals surface area contributed by atoms with Crippen molar-refractivity contribution in [2.45, 2.75) is 0 Å². The third-order valence-corrected chi connectivity index (χ3v) is 4.19. The molecule has 1 fully saturated rings. The predicted molar refractivity (Wildman–Crippen MR) is 96.1 cm³/mol. The Morgan fingerprint density at radius 2 is 1.92 bits per heavy atom. The minimum Gasteiger partial charge on any atom is -0.379 e. The first-order chi connectivity index (χ1) is 12.2. The average molecular weight is 341 g/mol. The van der Waals surface area contributed by atoms with Crippen LogP contribution in [0.2, 0.25) is 0 Å². The van der Waals surface area contributed by atoms with Crippen LogP contribution in [0.15, 0.2) is 42.5 Å². The highest BCUT2D eigenvalue weighted by atomic mass is 16.5. The lowest BCUT2D eigenvalue weighted by Gasteiger charge is -2.26. The van der Waals surface area contributed by atoms with Gasteiger partial charge in [0.1, 0.15) is 0 Å². The molecule has 7 nitrogen and oxygen atoms in total. The van der Waals surface area contributed by atoms with Crippen molar-refractivity contribution in [3.05, 3.63) is 48.2 Å². The van der Waals surface area contributed by atoms with Gasteiger partial charge in [0, 0.05) is 38.9 Å². The number of ether oxygens (including phenoxy) is 1. The molecule has 1 aliphatic heterocycles. The first-order valence-corrected chi connectivity index (χ1v) is 8.45. The first kappa shape index (κ1) is 17.3. The molecule has 1 amide bonds. The minimum absolute atomic E-state index is 0.199. The van der Waals surface area contributed by atoms with Crippen LogP contribution in [-0.2, 0) is 4.74 Å². The van der Waals surface area contributed by atoms with Crippen LogP contribution >= 0.6 is 0 Å². The highest BCUT2D eigenvalue weighted by Gasteiger charge is 2.13. The minimum atomic E-state index is -0.199. The zero-order valence-electron chi connectivity index (χ0n) is 14.4. The van der Waals surface area contributed by atoms with Crippen molar-refractivity contribution >= 4 is 17.4 Å². The van der Waals surface area contributed by atoms with Crippen molar-refractivity contribution in [1.82, 2.24) is 20.4 Å². The van der Waals surface area contributed by atoms with Crippen LogP contribution in [0.5, 0.6) is 0 Å². The second kappa shape index (κ2) is 8.55. The molecule has 2 heterocycles. The van der Waals surface area contributed by atoms with Gasteiger partial charge in [-0.1, -0.05) is 18.2 Å². The molecule has 3 rings (SSSR count). The van der Waals surface area contributed by atoms with E-state index in [0.29, 0.717) is 18.1 Å². The van der Waals surface area contributed by atoms with Gasteiger partial charge in [0.05, 0.1) is 13.2 Å². The van der Waals surface area contributed by atoms with Gasteiger partial charge in [0.15, 0.2) is 11.5 Å². The zero-order valence-corrected chi connectivity index (χ0v) is 14.4. The lowest BCUT2D eigenvalue weighted by molar-refractivity contribution is 0.0383. The summed E-state index contributed by atoms with van der Waals surface area (Å²) < 4.78 is 5.31. The number of rotatable bonds is 6. The van der Waals surface area contributed by atoms with E-state index in [1.165, 1.54) is 0 Å². The van der Waals surface area contributed by atoms with Crippen molar-refractivity contribution in [2.24, 2.45) is 0 Å². The number of carbonyl (C=O) groups is 1. The molecule has 1 aromatic heterocycles. The molecule has 0 bridgehead atoms. The summed E-state index contributed by atoms with van der Waals surface area (Å²) in [5.74, 6) is 0.491. The second-order valence-corrected chi connectivity index (χ2v) is 5.88. The molecule has 1 aliphatic rings. The van der Waals surface area contributed by atoms with Crippen molar-refractivity contribution in [3.8, 4) is 0 Å². The number of benzene rings is 1. The standard InChI is InChI=1S/C18H23N5O2/c1-22(15-5-3-2-4-6-15)17-8-7-16(20-21-17)18(24)19-9-10-23-11-13-25-14-12-23/h2-8H,9-14H2,1H3,(H,19,24). The lowest BCUT2D eigenvalue weighted by Crippen LogP contribution is -2.41. The number of nitrogens with one attached hydrogen (secondary N) is 1. The molecular formula is C18H23N5O2. The van der Waals surface area contributed by atoms with Crippen molar-refractivity contribution < 1.29 is 9.53 Å². The smallest absolute Gasteiger partial charge is 0.271 e. The van der Waals surface area contributed by atoms with E-state index < -0.39 is 0 Å². The van der Waals surface area contributed by atoms with Gasteiger partial charge in [-0.05, 0) is 24.3 Å². The first-order valence-electron chi connectivity index (χ1n) is 8.45. The molecule has 7 heteroatoms. The number of anilines is 2. The third kappa shape index (κ3) is 4.74. The summed E-state index contributed by atoms with van der Waals surface area (Å²) in [7, 11) is 1.92. The Morgan fingerprint density at radius 1 is 1.16 bits per heavy atom. The molecule has 1 N–H and O–H groups in total. The molecule has 2 aromatic rings. The molecule has 1 aromatic carbocycles. The summed E-state index contributed by atoms with van der Waals surface area (Å²) in [5.41, 5.74) is 1.34. The van der Waals surface area contributed by atoms with Gasteiger partial charge in [-0.3, -0.25) is 9.69 Å². The van der Waals surface area contributed by atoms with E-state index in [2.05, 4.69) is 20.4 Å². The molecule has 25 heavy (non-hydrogen) atoms. The van der Waals surface area contributed by atoms with E-state index in [9.17, 15) is 4.79 Å². The quantitative estimate of drug-likeness (QED) is 0.854. The van der Waals surface area contributed by atoms with E-state index >= 15 is 0 Å². The number of para-hydroxylation sites is 1. The Morgan fingerprint density at radius 3 is 2.60 bits per heavy atom. The Labute approximate surface area is 147 Å². The summed E-state index contributed by atoms with van der Waals surface area (Å²) in [6, 6.07) is 13.4. The molecule has 0 spiro atoms. The fourth-order valence-corrected chi connectivity index (χ4v) is 2.65. The van der Waals surface area contributed by atoms with E-state index in [1.807, 2.05) is 42.3 Å². The van der Waals surface area contributed by atoms with Gasteiger partial charge in [-0.25, -0.2) is 0 Å². The SMILES string of the molecule is CN(c1ccccc1)c1ccc(C(=O)NCCN2CCOCC2)nn1. The Balaban J connectivity index is 1.51. The molecule has 132 valence electrons. The van der Waals surface area contributed by atoms with E-state index in [-0.39, 0.29) is 5.91 Å². The summed E-state index contributed by atoms with van der Waals surface area (Å²) in [6.07, 6.45) is 0. The van der Waals surface area contributed by atoms with Gasteiger partial charge in [0.25, 0.3) is 5.91 Å². The summed E-state index contributed by atoms with van der Waals surface area (Å²) in [6.45, 7) is 4.75. The Hall–Kier alpha value is -2.51. The van der Waals surface area contributed by atoms with Crippen molar-refractivity contribution in [2.75, 3.05) is 51.3 Å². The number of hydrogen-bond acceptors (Lipinski definition) is 6. The third-order valence-electron chi connectivity index (χ3n) is 4.19. The molecular weight excluding hydrogens is 318 g/mol. The van der Waals surface area contributed by atoms with Crippen LogP contribution in [0.25, 0.3) is 0 Å². The van der Waals surface area contributed by atoms with E-state index in [0.717, 1.165) is 38.5 Å². The number of nitrogens with zero attached hydrogens (tertiary/aromatic N) is 4. The molecule has 0 atom stereocenters. The molecule has 0 saturated carbocycles. The van der Waals surface area contributed by atoms with Crippen LogP contribution < -0.4 is 10.2 Å². The number of carbonyl (C=O) groups excluding carboxylic acids is 1. The zero-order chi connectivity index (χ0) is 17.5. The molecule has 0 aliphatic carbocycles. The van der Waals surface area contributed by atoms with Gasteiger partial charge in [-0.15, -0.1) is 10.2 Å². The molecule has 0 unspecified atom stereocenters. The summed E-state index contributed by atoms with van der Waals surface area (Å²) >= 11 is 0. The fourth-order valence-electron chi connectivity index (χ4n) is 2.65. The summed E-state index contributed by atoms with van der Waals surface area (Å²) in [4.78, 5) is 16.4. The van der Waals surface area contributed by atoms with Gasteiger partial charge < -0.3 is 15.0 Å². The number of morpholine rings is 1. The number of aromatic nitrogens is 2. The van der Waals surface area contributed by atoms with Crippen molar-refractivity contribution in [1.29, 1.82) is 0 Å². The highest BCUT2D eigenvalue weighted by molar-refractivity contribution is 5.92. The normalized spacial score (nSPS) is 14.9. The maximum absolute atomic E-state index is 12.2. The van der Waals surface area contributed by atoms with Crippen molar-refractivity contribution in [3.63, 3.8) is 0 Å². The number of amides is 1. The van der Waals surface area contributed by atoms with E-state index in [1.54, 1.807) is 12.1 Å². The van der Waals surface area contributed by atoms with Gasteiger partial charge >= 0.3 is 0 Å². The average Bonchev–Trinajstić information content (AvgIpc) is 2.69. The predicted octanol–water partition coefficient (Wildman–Crippen LogP) is 1.31. The molecule has 0 radical (unpaired) electrons. The highest BCUT2D eigenvalue weighted by Crippen LogP contribution is 2.20. The van der Waals surface area contributed by atoms with Crippen LogP contribution in [0.4, 0.5) is 11.5 Å². The maximum atomic E-state index is 12.2. The van der Waals surface area contributed by atoms with Gasteiger partial charge in [0.2, 0.25) is 0 Å². The van der Waals surface area contributed by atoms with Crippen LogP contribution in [-0.4, -0.2) is 67.4 Å². The Kier molecular flexibility index (Phi) is 5.92. The monoisotopic (exact) mass is 341 g/mol. The summed E-state index contributed by atoms with van der Waals surface area (Å²) in [5, 5.41) is 11.1. The van der Waals surface area contributed by atoms with Crippen LogP contribution in [0.3, 0.4) is 0 Å². The fraction of sp³-hybridized carbons (Fsp3) is 0.389. The lowest BCUT2D eigenvalue weighted by atomic mass is 10.3. The Bertz CT molecular complexity index is 672. The van der Waals surface area contributed by atoms with Crippen LogP contribution in [0.1, 0.15) is 10.5 Å².